The van der Waals surface area contributed by atoms with Gasteiger partial charge in [-0.05, 0) is 43.3 Å². The van der Waals surface area contributed by atoms with E-state index in [9.17, 15) is 14.0 Å². The molecule has 2 atom stereocenters. The molecule has 3 aromatic rings. The number of aromatic nitrogens is 1. The summed E-state index contributed by atoms with van der Waals surface area (Å²) in [5.41, 5.74) is 6.83. The summed E-state index contributed by atoms with van der Waals surface area (Å²) < 4.78 is 19.7. The number of ether oxygens (including phenoxy) is 1. The third-order valence-corrected chi connectivity index (χ3v) is 5.71. The molecule has 29 heavy (non-hydrogen) atoms. The van der Waals surface area contributed by atoms with Gasteiger partial charge in [-0.3, -0.25) is 9.80 Å². The van der Waals surface area contributed by atoms with E-state index in [0.717, 1.165) is 10.2 Å². The van der Waals surface area contributed by atoms with Crippen molar-refractivity contribution in [3.8, 4) is 0 Å². The molecule has 0 spiro atoms. The first-order valence-electron chi connectivity index (χ1n) is 8.90. The second-order valence-corrected chi connectivity index (χ2v) is 7.62. The number of esters is 1. The van der Waals surface area contributed by atoms with Crippen LogP contribution in [0.25, 0.3) is 10.2 Å². The molecule has 2 aromatic carbocycles. The van der Waals surface area contributed by atoms with Gasteiger partial charge in [-0.1, -0.05) is 12.1 Å². The number of nitrogens with zero attached hydrogens (tertiary/aromatic N) is 3. The number of thiazole rings is 1. The lowest BCUT2D eigenvalue weighted by Crippen LogP contribution is -2.39. The van der Waals surface area contributed by atoms with Crippen molar-refractivity contribution >= 4 is 44.8 Å². The molecule has 148 valence electrons. The Morgan fingerprint density at radius 3 is 2.66 bits per heavy atom. The van der Waals surface area contributed by atoms with Crippen LogP contribution in [-0.4, -0.2) is 28.6 Å². The first kappa shape index (κ1) is 19.0. The Balaban J connectivity index is 1.53. The highest BCUT2D eigenvalue weighted by Gasteiger charge is 2.36. The van der Waals surface area contributed by atoms with Gasteiger partial charge in [-0.25, -0.2) is 14.2 Å². The largest absolute Gasteiger partial charge is 0.451 e. The minimum Gasteiger partial charge on any atom is -0.451 e. The molecular formula is C20H17FN4O3S. The minimum absolute atomic E-state index is 0.0120. The van der Waals surface area contributed by atoms with Crippen LogP contribution in [0.1, 0.15) is 24.5 Å². The summed E-state index contributed by atoms with van der Waals surface area (Å²) in [7, 11) is 0. The molecule has 1 aliphatic heterocycles. The molecule has 0 saturated carbocycles. The van der Waals surface area contributed by atoms with Crippen LogP contribution in [0.2, 0.25) is 0 Å². The average Bonchev–Trinajstić information content (AvgIpc) is 3.33. The van der Waals surface area contributed by atoms with E-state index in [2.05, 4.69) is 10.1 Å². The van der Waals surface area contributed by atoms with Gasteiger partial charge in [0.2, 0.25) is 5.91 Å². The summed E-state index contributed by atoms with van der Waals surface area (Å²) in [4.78, 5) is 29.0. The van der Waals surface area contributed by atoms with Crippen molar-refractivity contribution in [1.29, 1.82) is 0 Å². The summed E-state index contributed by atoms with van der Waals surface area (Å²) in [6.07, 6.45) is -0.563. The Morgan fingerprint density at radius 1 is 1.24 bits per heavy atom. The molecule has 2 N–H and O–H groups in total. The van der Waals surface area contributed by atoms with Crippen LogP contribution in [-0.2, 0) is 14.3 Å². The first-order valence-corrected chi connectivity index (χ1v) is 9.72. The SMILES string of the molecule is C[C@@H](OC(=O)C1=NN(c2ccc(F)cc2)[C@@H](C(N)=O)C1)c1nc2ccccc2s1. The smallest absolute Gasteiger partial charge is 0.355 e. The molecule has 0 unspecified atom stereocenters. The Labute approximate surface area is 169 Å². The molecule has 9 heteroatoms. The van der Waals surface area contributed by atoms with Crippen molar-refractivity contribution in [2.45, 2.75) is 25.5 Å². The van der Waals surface area contributed by atoms with Gasteiger partial charge >= 0.3 is 5.97 Å². The molecule has 0 radical (unpaired) electrons. The maximum Gasteiger partial charge on any atom is 0.355 e. The van der Waals surface area contributed by atoms with Crippen molar-refractivity contribution in [3.63, 3.8) is 0 Å². The fourth-order valence-corrected chi connectivity index (χ4v) is 3.98. The van der Waals surface area contributed by atoms with Crippen molar-refractivity contribution < 1.29 is 18.7 Å². The van der Waals surface area contributed by atoms with E-state index in [1.54, 1.807) is 6.92 Å². The predicted octanol–water partition coefficient (Wildman–Crippen LogP) is 3.16. The number of primary amides is 1. The van der Waals surface area contributed by atoms with Crippen LogP contribution >= 0.6 is 11.3 Å². The number of hydrogen-bond donors (Lipinski definition) is 1. The number of carbonyl (C=O) groups excluding carboxylic acids is 2. The number of hydrazone groups is 1. The average molecular weight is 412 g/mol. The fourth-order valence-electron chi connectivity index (χ4n) is 3.03. The van der Waals surface area contributed by atoms with E-state index in [1.807, 2.05) is 24.3 Å². The molecule has 0 aliphatic carbocycles. The lowest BCUT2D eigenvalue weighted by Gasteiger charge is -2.20. The number of anilines is 1. The fraction of sp³-hybridized carbons (Fsp3) is 0.200. The lowest BCUT2D eigenvalue weighted by atomic mass is 10.1. The first-order chi connectivity index (χ1) is 13.9. The van der Waals surface area contributed by atoms with Crippen LogP contribution in [0.5, 0.6) is 0 Å². The quantitative estimate of drug-likeness (QED) is 0.649. The van der Waals surface area contributed by atoms with E-state index in [4.69, 9.17) is 10.5 Å². The standard InChI is InChI=1S/C20H17FN4O3S/c1-11(19-23-14-4-2-3-5-17(14)29-19)28-20(27)15-10-16(18(22)26)25(24-15)13-8-6-12(21)7-9-13/h2-9,11,16H,10H2,1H3,(H2,22,26)/t11-,16-/m1/s1. The zero-order valence-corrected chi connectivity index (χ0v) is 16.2. The molecule has 1 aromatic heterocycles. The Bertz CT molecular complexity index is 1080. The number of fused-ring (bicyclic) bond motifs is 1. The third-order valence-electron chi connectivity index (χ3n) is 4.51. The lowest BCUT2D eigenvalue weighted by molar-refractivity contribution is -0.140. The summed E-state index contributed by atoms with van der Waals surface area (Å²) >= 11 is 1.45. The van der Waals surface area contributed by atoms with Gasteiger partial charge in [0, 0.05) is 6.42 Å². The number of halogens is 1. The van der Waals surface area contributed by atoms with Gasteiger partial charge < -0.3 is 10.5 Å². The Hall–Kier alpha value is -3.33. The number of para-hydroxylation sites is 1. The third kappa shape index (κ3) is 3.81. The Morgan fingerprint density at radius 2 is 1.97 bits per heavy atom. The summed E-state index contributed by atoms with van der Waals surface area (Å²) in [6.45, 7) is 1.73. The second-order valence-electron chi connectivity index (χ2n) is 6.56. The topological polar surface area (TPSA) is 97.9 Å². The van der Waals surface area contributed by atoms with E-state index in [0.29, 0.717) is 10.7 Å². The van der Waals surface area contributed by atoms with Crippen molar-refractivity contribution in [2.24, 2.45) is 10.8 Å². The zero-order chi connectivity index (χ0) is 20.5. The van der Waals surface area contributed by atoms with Gasteiger partial charge in [0.15, 0.2) is 6.10 Å². The molecule has 4 rings (SSSR count). The molecule has 7 nitrogen and oxygen atoms in total. The highest BCUT2D eigenvalue weighted by Crippen LogP contribution is 2.29. The van der Waals surface area contributed by atoms with Crippen LogP contribution in [0, 0.1) is 5.82 Å². The molecule has 1 aliphatic rings. The summed E-state index contributed by atoms with van der Waals surface area (Å²) in [5, 5.41) is 6.20. The molecule has 0 fully saturated rings. The monoisotopic (exact) mass is 412 g/mol. The van der Waals surface area contributed by atoms with E-state index < -0.39 is 29.8 Å². The van der Waals surface area contributed by atoms with E-state index in [-0.39, 0.29) is 12.1 Å². The summed E-state index contributed by atoms with van der Waals surface area (Å²) in [5.74, 6) is -1.70. The minimum atomic E-state index is -0.847. The maximum atomic E-state index is 13.2. The van der Waals surface area contributed by atoms with Crippen molar-refractivity contribution in [3.05, 3.63) is 59.4 Å². The second kappa shape index (κ2) is 7.59. The highest BCUT2D eigenvalue weighted by molar-refractivity contribution is 7.18. The van der Waals surface area contributed by atoms with Gasteiger partial charge in [0.1, 0.15) is 22.6 Å². The number of hydrogen-bond acceptors (Lipinski definition) is 7. The number of carbonyl (C=O) groups is 2. The molecule has 2 heterocycles. The number of nitrogens with two attached hydrogens (primary N) is 1. The van der Waals surface area contributed by atoms with Gasteiger partial charge in [0.05, 0.1) is 15.9 Å². The van der Waals surface area contributed by atoms with E-state index in [1.165, 1.54) is 40.6 Å². The van der Waals surface area contributed by atoms with Crippen LogP contribution in [0.15, 0.2) is 53.6 Å². The Kier molecular flexibility index (Phi) is 4.98. The molecular weight excluding hydrogens is 395 g/mol. The van der Waals surface area contributed by atoms with Crippen LogP contribution < -0.4 is 10.7 Å². The highest BCUT2D eigenvalue weighted by atomic mass is 32.1. The molecule has 0 saturated heterocycles. The molecule has 0 bridgehead atoms. The summed E-state index contributed by atoms with van der Waals surface area (Å²) in [6, 6.07) is 12.2. The number of rotatable bonds is 5. The van der Waals surface area contributed by atoms with Gasteiger partial charge in [0.25, 0.3) is 0 Å². The van der Waals surface area contributed by atoms with Gasteiger partial charge in [-0.15, -0.1) is 11.3 Å². The maximum absolute atomic E-state index is 13.2. The molecule has 1 amide bonds. The van der Waals surface area contributed by atoms with Crippen molar-refractivity contribution in [1.82, 2.24) is 4.98 Å². The van der Waals surface area contributed by atoms with Crippen LogP contribution in [0.4, 0.5) is 10.1 Å². The van der Waals surface area contributed by atoms with Crippen molar-refractivity contribution in [2.75, 3.05) is 5.01 Å². The van der Waals surface area contributed by atoms with Crippen LogP contribution in [0.3, 0.4) is 0 Å². The zero-order valence-electron chi connectivity index (χ0n) is 15.4. The number of amides is 1. The van der Waals surface area contributed by atoms with E-state index >= 15 is 0 Å². The predicted molar refractivity (Wildman–Crippen MR) is 108 cm³/mol. The van der Waals surface area contributed by atoms with Gasteiger partial charge in [-0.2, -0.15) is 5.10 Å². The normalized spacial score (nSPS) is 17.2. The number of benzene rings is 2.